The summed E-state index contributed by atoms with van der Waals surface area (Å²) in [6, 6.07) is 12.1. The van der Waals surface area contributed by atoms with Gasteiger partial charge in [0.2, 0.25) is 5.88 Å². The zero-order valence-corrected chi connectivity index (χ0v) is 11.7. The van der Waals surface area contributed by atoms with Gasteiger partial charge in [-0.3, -0.25) is 0 Å². The van der Waals surface area contributed by atoms with Crippen molar-refractivity contribution in [3.8, 4) is 5.88 Å². The molecule has 0 amide bonds. The lowest BCUT2D eigenvalue weighted by molar-refractivity contribution is 0.327. The molecule has 1 aromatic carbocycles. The van der Waals surface area contributed by atoms with Crippen LogP contribution < -0.4 is 15.4 Å². The first-order chi connectivity index (χ1) is 9.76. The van der Waals surface area contributed by atoms with E-state index in [9.17, 15) is 0 Å². The smallest absolute Gasteiger partial charge is 0.215 e. The molecule has 0 bridgehead atoms. The number of ether oxygens (including phenoxy) is 1. The van der Waals surface area contributed by atoms with E-state index in [1.54, 1.807) is 0 Å². The van der Waals surface area contributed by atoms with Gasteiger partial charge < -0.3 is 15.4 Å². The number of hydrogen-bond acceptors (Lipinski definition) is 4. The lowest BCUT2D eigenvalue weighted by Crippen LogP contribution is -2.31. The Morgan fingerprint density at radius 3 is 3.00 bits per heavy atom. The molecule has 1 aliphatic heterocycles. The number of aromatic nitrogens is 1. The Balaban J connectivity index is 1.84. The van der Waals surface area contributed by atoms with E-state index in [4.69, 9.17) is 10.5 Å². The largest absolute Gasteiger partial charge is 0.478 e. The standard InChI is InChI=1S/C16H19N3O/c1-2-20-16-5-3-4-15(18-16)19-9-8-12-6-7-14(17)10-13(12)11-19/h3-7,10H,2,8-9,11,17H2,1H3. The molecule has 0 saturated carbocycles. The molecule has 4 heteroatoms. The van der Waals surface area contributed by atoms with E-state index >= 15 is 0 Å². The Labute approximate surface area is 119 Å². The summed E-state index contributed by atoms with van der Waals surface area (Å²) in [4.78, 5) is 6.82. The minimum Gasteiger partial charge on any atom is -0.478 e. The molecule has 0 saturated heterocycles. The summed E-state index contributed by atoms with van der Waals surface area (Å²) in [6.45, 7) is 4.42. The van der Waals surface area contributed by atoms with Crippen LogP contribution in [-0.2, 0) is 13.0 Å². The molecule has 0 radical (unpaired) electrons. The van der Waals surface area contributed by atoms with Crippen molar-refractivity contribution in [2.24, 2.45) is 0 Å². The number of benzene rings is 1. The average molecular weight is 269 g/mol. The van der Waals surface area contributed by atoms with Crippen LogP contribution in [0.25, 0.3) is 0 Å². The van der Waals surface area contributed by atoms with Crippen LogP contribution in [0.5, 0.6) is 5.88 Å². The highest BCUT2D eigenvalue weighted by molar-refractivity contribution is 5.50. The van der Waals surface area contributed by atoms with Crippen molar-refractivity contribution < 1.29 is 4.74 Å². The number of hydrogen-bond donors (Lipinski definition) is 1. The van der Waals surface area contributed by atoms with Crippen LogP contribution in [0.2, 0.25) is 0 Å². The molecule has 2 N–H and O–H groups in total. The van der Waals surface area contributed by atoms with E-state index in [0.29, 0.717) is 12.5 Å². The fourth-order valence-electron chi connectivity index (χ4n) is 2.58. The second-order valence-electron chi connectivity index (χ2n) is 4.97. The van der Waals surface area contributed by atoms with Crippen LogP contribution in [0.3, 0.4) is 0 Å². The Morgan fingerprint density at radius 2 is 2.15 bits per heavy atom. The van der Waals surface area contributed by atoms with Gasteiger partial charge in [-0.15, -0.1) is 0 Å². The maximum atomic E-state index is 5.88. The molecule has 0 unspecified atom stereocenters. The number of pyridine rings is 1. The number of nitrogen functional groups attached to an aromatic ring is 1. The Morgan fingerprint density at radius 1 is 1.25 bits per heavy atom. The molecule has 20 heavy (non-hydrogen) atoms. The summed E-state index contributed by atoms with van der Waals surface area (Å²) < 4.78 is 5.47. The van der Waals surface area contributed by atoms with Gasteiger partial charge in [-0.05, 0) is 42.7 Å². The third-order valence-corrected chi connectivity index (χ3v) is 3.57. The summed E-state index contributed by atoms with van der Waals surface area (Å²) in [7, 11) is 0. The summed E-state index contributed by atoms with van der Waals surface area (Å²) in [6.07, 6.45) is 1.02. The third kappa shape index (κ3) is 2.54. The maximum Gasteiger partial charge on any atom is 0.215 e. The van der Waals surface area contributed by atoms with Gasteiger partial charge >= 0.3 is 0 Å². The molecule has 0 fully saturated rings. The Hall–Kier alpha value is -2.23. The number of nitrogens with zero attached hydrogens (tertiary/aromatic N) is 2. The lowest BCUT2D eigenvalue weighted by atomic mass is 9.99. The van der Waals surface area contributed by atoms with Gasteiger partial charge in [0.15, 0.2) is 0 Å². The summed E-state index contributed by atoms with van der Waals surface area (Å²) in [5.41, 5.74) is 9.37. The van der Waals surface area contributed by atoms with Crippen LogP contribution in [0.1, 0.15) is 18.1 Å². The molecular formula is C16H19N3O. The average Bonchev–Trinajstić information content (AvgIpc) is 2.47. The summed E-state index contributed by atoms with van der Waals surface area (Å²) in [5.74, 6) is 1.65. The SMILES string of the molecule is CCOc1cccc(N2CCc3ccc(N)cc3C2)n1. The minimum atomic E-state index is 0.635. The van der Waals surface area contributed by atoms with Crippen molar-refractivity contribution >= 4 is 11.5 Å². The Kier molecular flexibility index (Phi) is 3.46. The molecule has 2 aromatic rings. The van der Waals surface area contributed by atoms with E-state index in [0.717, 1.165) is 31.0 Å². The van der Waals surface area contributed by atoms with Crippen molar-refractivity contribution in [1.29, 1.82) is 0 Å². The van der Waals surface area contributed by atoms with Gasteiger partial charge in [0.25, 0.3) is 0 Å². The van der Waals surface area contributed by atoms with Crippen LogP contribution in [0.4, 0.5) is 11.5 Å². The number of fused-ring (bicyclic) bond motifs is 1. The van der Waals surface area contributed by atoms with Gasteiger partial charge in [0.05, 0.1) is 6.61 Å². The number of anilines is 2. The summed E-state index contributed by atoms with van der Waals surface area (Å²) in [5, 5.41) is 0. The first-order valence-electron chi connectivity index (χ1n) is 6.98. The fourth-order valence-corrected chi connectivity index (χ4v) is 2.58. The van der Waals surface area contributed by atoms with Crippen molar-refractivity contribution in [2.45, 2.75) is 19.9 Å². The van der Waals surface area contributed by atoms with Crippen LogP contribution >= 0.6 is 0 Å². The van der Waals surface area contributed by atoms with Gasteiger partial charge in [0.1, 0.15) is 5.82 Å². The fraction of sp³-hybridized carbons (Fsp3) is 0.312. The molecule has 0 aliphatic carbocycles. The molecule has 1 aliphatic rings. The number of rotatable bonds is 3. The quantitative estimate of drug-likeness (QED) is 0.870. The zero-order chi connectivity index (χ0) is 13.9. The van der Waals surface area contributed by atoms with Gasteiger partial charge in [0, 0.05) is 24.8 Å². The lowest BCUT2D eigenvalue weighted by Gasteiger charge is -2.30. The second kappa shape index (κ2) is 5.41. The normalized spacial score (nSPS) is 13.9. The highest BCUT2D eigenvalue weighted by atomic mass is 16.5. The highest BCUT2D eigenvalue weighted by Crippen LogP contribution is 2.25. The zero-order valence-electron chi connectivity index (χ0n) is 11.7. The van der Waals surface area contributed by atoms with Gasteiger partial charge in [-0.25, -0.2) is 0 Å². The molecule has 4 nitrogen and oxygen atoms in total. The molecule has 1 aromatic heterocycles. The predicted octanol–water partition coefficient (Wildman–Crippen LogP) is 2.63. The van der Waals surface area contributed by atoms with Crippen LogP contribution in [-0.4, -0.2) is 18.1 Å². The third-order valence-electron chi connectivity index (χ3n) is 3.57. The molecule has 104 valence electrons. The van der Waals surface area contributed by atoms with Crippen molar-refractivity contribution in [2.75, 3.05) is 23.8 Å². The monoisotopic (exact) mass is 269 g/mol. The minimum absolute atomic E-state index is 0.635. The molecule has 0 spiro atoms. The van der Waals surface area contributed by atoms with Crippen LogP contribution in [0.15, 0.2) is 36.4 Å². The molecule has 2 heterocycles. The maximum absolute atomic E-state index is 5.88. The molecule has 3 rings (SSSR count). The van der Waals surface area contributed by atoms with Crippen molar-refractivity contribution in [1.82, 2.24) is 4.98 Å². The predicted molar refractivity (Wildman–Crippen MR) is 81.0 cm³/mol. The molecule has 0 atom stereocenters. The van der Waals surface area contributed by atoms with E-state index in [-0.39, 0.29) is 0 Å². The topological polar surface area (TPSA) is 51.4 Å². The molecular weight excluding hydrogens is 250 g/mol. The van der Waals surface area contributed by atoms with Gasteiger partial charge in [-0.2, -0.15) is 4.98 Å². The summed E-state index contributed by atoms with van der Waals surface area (Å²) >= 11 is 0. The second-order valence-corrected chi connectivity index (χ2v) is 4.97. The highest BCUT2D eigenvalue weighted by Gasteiger charge is 2.17. The van der Waals surface area contributed by atoms with Crippen LogP contribution in [0, 0.1) is 0 Å². The first-order valence-corrected chi connectivity index (χ1v) is 6.98. The van der Waals surface area contributed by atoms with Gasteiger partial charge in [-0.1, -0.05) is 12.1 Å². The van der Waals surface area contributed by atoms with Crippen molar-refractivity contribution in [3.63, 3.8) is 0 Å². The van der Waals surface area contributed by atoms with E-state index < -0.39 is 0 Å². The number of nitrogens with two attached hydrogens (primary N) is 1. The van der Waals surface area contributed by atoms with E-state index in [1.165, 1.54) is 11.1 Å². The van der Waals surface area contributed by atoms with E-state index in [2.05, 4.69) is 22.0 Å². The Bertz CT molecular complexity index is 612. The van der Waals surface area contributed by atoms with E-state index in [1.807, 2.05) is 31.2 Å². The first kappa shape index (κ1) is 12.8. The van der Waals surface area contributed by atoms with Crippen molar-refractivity contribution in [3.05, 3.63) is 47.5 Å².